The predicted molar refractivity (Wildman–Crippen MR) is 75.2 cm³/mol. The van der Waals surface area contributed by atoms with Crippen LogP contribution < -0.4 is 0 Å². The van der Waals surface area contributed by atoms with Gasteiger partial charge in [-0.15, -0.1) is 0 Å². The molecule has 1 aromatic carbocycles. The fraction of sp³-hybridized carbons (Fsp3) is 0.286. The molecule has 2 aromatic rings. The maximum Gasteiger partial charge on any atom is 0.307 e. The topological polar surface area (TPSA) is 81.3 Å². The highest BCUT2D eigenvalue weighted by Gasteiger charge is 2.26. The number of aldehydes is 1. The molecular weight excluding hydrogens is 310 g/mol. The summed E-state index contributed by atoms with van der Waals surface area (Å²) in [6.07, 6.45) is 2.77. The van der Waals surface area contributed by atoms with Crippen molar-refractivity contribution in [1.82, 2.24) is 14.7 Å². The molecule has 7 nitrogen and oxygen atoms in total. The Kier molecular flexibility index (Phi) is 3.87. The minimum Gasteiger partial charge on any atom is -0.302 e. The number of aromatic nitrogens is 2. The fourth-order valence-corrected chi connectivity index (χ4v) is 2.63. The van der Waals surface area contributed by atoms with E-state index in [-0.39, 0.29) is 6.54 Å². The predicted octanol–water partition coefficient (Wildman–Crippen LogP) is 1.62. The van der Waals surface area contributed by atoms with Crippen molar-refractivity contribution in [2.75, 3.05) is 13.1 Å². The number of hydrogen-bond donors (Lipinski definition) is 0. The molecule has 3 rings (SSSR count). The van der Waals surface area contributed by atoms with Crippen LogP contribution in [0.15, 0.2) is 18.3 Å². The largest absolute Gasteiger partial charge is 0.307 e. The Labute approximate surface area is 129 Å². The molecule has 0 amide bonds. The minimum absolute atomic E-state index is 0.268. The lowest BCUT2D eigenvalue weighted by molar-refractivity contribution is -0.387. The van der Waals surface area contributed by atoms with Gasteiger partial charge in [-0.25, -0.2) is 9.07 Å². The van der Waals surface area contributed by atoms with Crippen molar-refractivity contribution in [2.45, 2.75) is 13.0 Å². The first-order valence-electron chi connectivity index (χ1n) is 6.87. The summed E-state index contributed by atoms with van der Waals surface area (Å²) in [6, 6.07) is 1.62. The van der Waals surface area contributed by atoms with Crippen molar-refractivity contribution in [1.29, 1.82) is 0 Å². The smallest absolute Gasteiger partial charge is 0.302 e. The molecule has 1 aliphatic rings. The van der Waals surface area contributed by atoms with E-state index in [1.54, 1.807) is 0 Å². The maximum atomic E-state index is 14.2. The Morgan fingerprint density at radius 1 is 1.39 bits per heavy atom. The van der Waals surface area contributed by atoms with Gasteiger partial charge in [0.25, 0.3) is 0 Å². The van der Waals surface area contributed by atoms with Crippen molar-refractivity contribution in [3.8, 4) is 5.69 Å². The summed E-state index contributed by atoms with van der Waals surface area (Å²) < 4.78 is 29.2. The van der Waals surface area contributed by atoms with E-state index < -0.39 is 27.9 Å². The maximum absolute atomic E-state index is 14.2. The zero-order valence-corrected chi connectivity index (χ0v) is 11.9. The van der Waals surface area contributed by atoms with Crippen LogP contribution in [0.5, 0.6) is 0 Å². The molecule has 0 atom stereocenters. The first-order valence-corrected chi connectivity index (χ1v) is 6.87. The number of hydrogen-bond acceptors (Lipinski definition) is 5. The molecule has 120 valence electrons. The molecule has 0 unspecified atom stereocenters. The van der Waals surface area contributed by atoms with E-state index in [1.807, 2.05) is 4.90 Å². The van der Waals surface area contributed by atoms with Crippen molar-refractivity contribution in [2.24, 2.45) is 0 Å². The van der Waals surface area contributed by atoms with Crippen molar-refractivity contribution < 1.29 is 18.5 Å². The third kappa shape index (κ3) is 2.70. The fourth-order valence-electron chi connectivity index (χ4n) is 2.63. The number of rotatable bonds is 4. The van der Waals surface area contributed by atoms with Gasteiger partial charge in [0.2, 0.25) is 5.82 Å². The summed E-state index contributed by atoms with van der Waals surface area (Å²) in [5.74, 6) is -2.20. The third-order valence-electron chi connectivity index (χ3n) is 3.74. The molecule has 0 bridgehead atoms. The average Bonchev–Trinajstić information content (AvgIpc) is 2.90. The van der Waals surface area contributed by atoms with Crippen LogP contribution in [0.3, 0.4) is 0 Å². The summed E-state index contributed by atoms with van der Waals surface area (Å²) in [4.78, 5) is 22.3. The second kappa shape index (κ2) is 5.84. The van der Waals surface area contributed by atoms with Crippen molar-refractivity contribution in [3.63, 3.8) is 0 Å². The van der Waals surface area contributed by atoms with E-state index in [1.165, 1.54) is 6.20 Å². The zero-order valence-electron chi connectivity index (χ0n) is 11.9. The van der Waals surface area contributed by atoms with Crippen LogP contribution in [-0.2, 0) is 17.8 Å². The van der Waals surface area contributed by atoms with Gasteiger partial charge in [-0.2, -0.15) is 9.49 Å². The molecule has 0 saturated heterocycles. The molecule has 1 aliphatic heterocycles. The number of nitro benzene ring substituents is 1. The number of halogens is 2. The number of carbonyl (C=O) groups is 1. The third-order valence-corrected chi connectivity index (χ3v) is 3.74. The molecule has 0 aliphatic carbocycles. The number of fused-ring (bicyclic) bond motifs is 1. The van der Waals surface area contributed by atoms with Gasteiger partial charge in [0.05, 0.1) is 17.2 Å². The van der Waals surface area contributed by atoms with Gasteiger partial charge in [-0.3, -0.25) is 15.0 Å². The molecule has 0 radical (unpaired) electrons. The number of carbonyl (C=O) groups excluding carboxylic acids is 1. The summed E-state index contributed by atoms with van der Waals surface area (Å²) in [7, 11) is 0. The summed E-state index contributed by atoms with van der Waals surface area (Å²) in [5.41, 5.74) is 0.0221. The second-order valence-electron chi connectivity index (χ2n) is 5.18. The van der Waals surface area contributed by atoms with Crippen LogP contribution in [-0.4, -0.2) is 39.0 Å². The van der Waals surface area contributed by atoms with Crippen LogP contribution >= 0.6 is 0 Å². The highest BCUT2D eigenvalue weighted by Crippen LogP contribution is 2.27. The normalized spacial score (nSPS) is 14.5. The van der Waals surface area contributed by atoms with Crippen LogP contribution in [0.25, 0.3) is 5.69 Å². The first-order chi connectivity index (χ1) is 11.0. The summed E-state index contributed by atoms with van der Waals surface area (Å²) >= 11 is 0. The quantitative estimate of drug-likeness (QED) is 0.485. The first kappa shape index (κ1) is 15.2. The molecule has 0 saturated carbocycles. The van der Waals surface area contributed by atoms with Gasteiger partial charge in [0, 0.05) is 37.3 Å². The van der Waals surface area contributed by atoms with Gasteiger partial charge >= 0.3 is 5.69 Å². The zero-order chi connectivity index (χ0) is 16.6. The molecule has 0 N–H and O–H groups in total. The van der Waals surface area contributed by atoms with E-state index in [0.29, 0.717) is 25.2 Å². The highest BCUT2D eigenvalue weighted by molar-refractivity contribution is 5.52. The van der Waals surface area contributed by atoms with E-state index in [0.717, 1.165) is 28.7 Å². The molecular formula is C14H12F2N4O3. The van der Waals surface area contributed by atoms with Crippen molar-refractivity contribution >= 4 is 12.0 Å². The van der Waals surface area contributed by atoms with Gasteiger partial charge in [-0.05, 0) is 6.07 Å². The Morgan fingerprint density at radius 2 is 2.17 bits per heavy atom. The molecule has 23 heavy (non-hydrogen) atoms. The van der Waals surface area contributed by atoms with Crippen LogP contribution in [0.4, 0.5) is 14.5 Å². The Morgan fingerprint density at radius 3 is 2.87 bits per heavy atom. The van der Waals surface area contributed by atoms with E-state index in [9.17, 15) is 23.7 Å². The van der Waals surface area contributed by atoms with Gasteiger partial charge in [0.15, 0.2) is 5.82 Å². The van der Waals surface area contributed by atoms with E-state index in [4.69, 9.17) is 0 Å². The minimum atomic E-state index is -1.26. The highest BCUT2D eigenvalue weighted by atomic mass is 19.1. The van der Waals surface area contributed by atoms with Crippen molar-refractivity contribution in [3.05, 3.63) is 51.3 Å². The number of nitro groups is 1. The Bertz CT molecular complexity index is 791. The second-order valence-corrected chi connectivity index (χ2v) is 5.18. The molecule has 2 heterocycles. The molecule has 0 spiro atoms. The number of nitrogens with zero attached hydrogens (tertiary/aromatic N) is 4. The van der Waals surface area contributed by atoms with E-state index in [2.05, 4.69) is 5.10 Å². The van der Waals surface area contributed by atoms with Gasteiger partial charge < -0.3 is 4.79 Å². The van der Waals surface area contributed by atoms with E-state index >= 15 is 0 Å². The average molecular weight is 322 g/mol. The standard InChI is InChI=1S/C14H12F2N4O3/c15-10-1-2-12(20(22)23)13(16)14(10)19-8-9-7-18(5-6-21)4-3-11(9)17-19/h1-2,6,8H,3-5,7H2. The Hall–Kier alpha value is -2.68. The SMILES string of the molecule is O=CCN1CCc2nn(-c3c(F)ccc([N+](=O)[O-])c3F)cc2C1. The summed E-state index contributed by atoms with van der Waals surface area (Å²) in [6.45, 7) is 1.32. The van der Waals surface area contributed by atoms with Crippen LogP contribution in [0.2, 0.25) is 0 Å². The lowest BCUT2D eigenvalue weighted by atomic mass is 10.1. The molecule has 1 aromatic heterocycles. The molecule has 0 fully saturated rings. The van der Waals surface area contributed by atoms with Gasteiger partial charge in [-0.1, -0.05) is 0 Å². The van der Waals surface area contributed by atoms with Gasteiger partial charge in [0.1, 0.15) is 12.0 Å². The molecule has 9 heteroatoms. The monoisotopic (exact) mass is 322 g/mol. The number of benzene rings is 1. The summed E-state index contributed by atoms with van der Waals surface area (Å²) in [5, 5.41) is 14.9. The lowest BCUT2D eigenvalue weighted by Crippen LogP contribution is -2.31. The van der Waals surface area contributed by atoms with Crippen LogP contribution in [0.1, 0.15) is 11.3 Å². The lowest BCUT2D eigenvalue weighted by Gasteiger charge is -2.23. The van der Waals surface area contributed by atoms with Crippen LogP contribution in [0, 0.1) is 21.7 Å². The Balaban J connectivity index is 2.03.